The van der Waals surface area contributed by atoms with Crippen molar-refractivity contribution in [3.05, 3.63) is 97.6 Å². The number of hydrogen-bond acceptors (Lipinski definition) is 18. The van der Waals surface area contributed by atoms with Gasteiger partial charge in [0.15, 0.2) is 0 Å². The molecule has 6 aromatic heterocycles. The van der Waals surface area contributed by atoms with Crippen molar-refractivity contribution in [1.82, 2.24) is 49.7 Å². The number of pyridine rings is 4. The number of hydrogen-bond donors (Lipinski definition) is 2. The molecular weight excluding hydrogens is 746 g/mol. The summed E-state index contributed by atoms with van der Waals surface area (Å²) >= 11 is 0. The van der Waals surface area contributed by atoms with Crippen molar-refractivity contribution in [2.75, 3.05) is 11.7 Å². The van der Waals surface area contributed by atoms with Gasteiger partial charge in [-0.25, -0.2) is 46.6 Å². The summed E-state index contributed by atoms with van der Waals surface area (Å²) in [6, 6.07) is 22.1. The molecule has 0 aliphatic carbocycles. The Kier molecular flexibility index (Phi) is 18.5. The first kappa shape index (κ1) is 44.2. The number of rotatable bonds is 4. The van der Waals surface area contributed by atoms with Crippen LogP contribution in [0.25, 0.3) is 46.1 Å². The van der Waals surface area contributed by atoms with Gasteiger partial charge in [-0.15, -0.1) is 40.9 Å². The molecular formula is C24H26Cl2CoN12O10+2. The van der Waals surface area contributed by atoms with Crippen molar-refractivity contribution in [1.29, 1.82) is 0 Å². The minimum absolute atomic E-state index is 0. The van der Waals surface area contributed by atoms with Gasteiger partial charge in [-0.3, -0.25) is 19.9 Å². The first-order valence-electron chi connectivity index (χ1n) is 12.0. The number of nitrogens with two attached hydrogens (primary N) is 2. The van der Waals surface area contributed by atoms with Crippen LogP contribution >= 0.6 is 0 Å². The average Bonchev–Trinajstić information content (AvgIpc) is 3.60. The van der Waals surface area contributed by atoms with Gasteiger partial charge in [-0.05, 0) is 48.5 Å². The summed E-state index contributed by atoms with van der Waals surface area (Å²) in [7, 11) is -9.89. The van der Waals surface area contributed by atoms with Gasteiger partial charge >= 0.3 is 16.8 Å². The van der Waals surface area contributed by atoms with E-state index in [2.05, 4.69) is 40.3 Å². The molecule has 263 valence electrons. The Morgan fingerprint density at radius 2 is 0.592 bits per heavy atom. The predicted octanol–water partition coefficient (Wildman–Crippen LogP) is -9.13. The molecule has 0 bridgehead atoms. The van der Waals surface area contributed by atoms with Crippen LogP contribution < -0.4 is 49.0 Å². The molecule has 49 heavy (non-hydrogen) atoms. The molecule has 0 amide bonds. The van der Waals surface area contributed by atoms with E-state index in [1.807, 2.05) is 72.8 Å². The molecule has 6 aromatic rings. The zero-order valence-corrected chi connectivity index (χ0v) is 26.9. The Hall–Kier alpha value is -4.83. The number of nitrogen functional groups attached to an aromatic ring is 2. The van der Waals surface area contributed by atoms with Gasteiger partial charge in [0, 0.05) is 24.8 Å². The Morgan fingerprint density at radius 1 is 0.408 bits per heavy atom. The zero-order valence-electron chi connectivity index (χ0n) is 24.4. The van der Waals surface area contributed by atoms with Gasteiger partial charge in [0.2, 0.25) is 23.3 Å². The van der Waals surface area contributed by atoms with E-state index in [0.29, 0.717) is 46.1 Å². The van der Waals surface area contributed by atoms with E-state index in [-0.39, 0.29) is 27.7 Å². The molecule has 0 saturated heterocycles. The molecule has 6 rings (SSSR count). The maximum Gasteiger partial charge on any atom is 2.00 e. The van der Waals surface area contributed by atoms with Crippen molar-refractivity contribution >= 4 is 0 Å². The van der Waals surface area contributed by atoms with Gasteiger partial charge in [-0.2, -0.15) is 0 Å². The van der Waals surface area contributed by atoms with Crippen LogP contribution in [-0.2, 0) is 27.7 Å². The van der Waals surface area contributed by atoms with Gasteiger partial charge in [-0.1, -0.05) is 24.3 Å². The minimum atomic E-state index is -4.94. The van der Waals surface area contributed by atoms with Gasteiger partial charge in [0.25, 0.3) is 0 Å². The molecule has 25 heteroatoms. The summed E-state index contributed by atoms with van der Waals surface area (Å²) in [6.07, 6.45) is 6.74. The second kappa shape index (κ2) is 20.5. The van der Waals surface area contributed by atoms with E-state index < -0.39 is 20.5 Å². The van der Waals surface area contributed by atoms with E-state index in [9.17, 15) is 0 Å². The second-order valence-electron chi connectivity index (χ2n) is 8.05. The van der Waals surface area contributed by atoms with Crippen LogP contribution in [0.3, 0.4) is 0 Å². The van der Waals surface area contributed by atoms with Gasteiger partial charge < -0.3 is 22.6 Å². The second-order valence-corrected chi connectivity index (χ2v) is 9.56. The molecule has 0 spiro atoms. The predicted molar refractivity (Wildman–Crippen MR) is 143 cm³/mol. The molecule has 0 saturated carbocycles. The van der Waals surface area contributed by atoms with Crippen molar-refractivity contribution < 1.29 is 85.5 Å². The standard InChI is InChI=1S/2C12H10N6.2ClHO4.Co.2H2O/c2*13-18-11(9-5-1-3-7-14-9)16-17-12(18)10-6-2-4-8-15-10;2*2-1(3,4)5;;;/h2*1-8H,13H2;2*(H,2,3,4,5);;2*1H2/q;;;;+2;;. The topological polar surface area (TPSA) is 416 Å². The average molecular weight is 772 g/mol. The fourth-order valence-electron chi connectivity index (χ4n) is 3.26. The van der Waals surface area contributed by atoms with E-state index >= 15 is 0 Å². The number of halogens is 2. The molecule has 0 aliphatic rings. The zero-order chi connectivity index (χ0) is 33.7. The molecule has 0 unspecified atom stereocenters. The van der Waals surface area contributed by atoms with Crippen LogP contribution in [0, 0.1) is 20.5 Å². The SMILES string of the molecule is Nn1c(-c2ccccn2)nnc1-c1ccccn1.Nn1c(-c2ccccn2)nnc1-c1ccccn1.[Co+2].[O-][Cl+3]([O-])([O-])[O-].[O-][Cl+3]([O-])([O-])[O-].[OH3+].[OH3+]. The van der Waals surface area contributed by atoms with E-state index in [1.54, 1.807) is 24.8 Å². The Balaban J connectivity index is 0.000000707. The monoisotopic (exact) mass is 771 g/mol. The van der Waals surface area contributed by atoms with Crippen LogP contribution in [0.2, 0.25) is 0 Å². The fraction of sp³-hybridized carbons (Fsp3) is 0. The maximum absolute atomic E-state index is 8.49. The molecule has 10 N–H and O–H groups in total. The summed E-state index contributed by atoms with van der Waals surface area (Å²) in [6.45, 7) is 0. The number of nitrogens with zero attached hydrogens (tertiary/aromatic N) is 10. The Bertz CT molecular complexity index is 1510. The summed E-state index contributed by atoms with van der Waals surface area (Å²) < 4.78 is 70.7. The third kappa shape index (κ3) is 15.3. The Labute approximate surface area is 289 Å². The third-order valence-electron chi connectivity index (χ3n) is 4.97. The van der Waals surface area contributed by atoms with Gasteiger partial charge in [0.1, 0.15) is 22.8 Å². The van der Waals surface area contributed by atoms with Crippen molar-refractivity contribution in [3.63, 3.8) is 0 Å². The van der Waals surface area contributed by atoms with Crippen molar-refractivity contribution in [3.8, 4) is 46.1 Å². The Morgan fingerprint density at radius 3 is 0.735 bits per heavy atom. The van der Waals surface area contributed by atoms with E-state index in [1.165, 1.54) is 9.35 Å². The summed E-state index contributed by atoms with van der Waals surface area (Å²) in [4.78, 5) is 16.8. The molecule has 0 fully saturated rings. The van der Waals surface area contributed by atoms with Crippen LogP contribution in [0.1, 0.15) is 0 Å². The van der Waals surface area contributed by atoms with E-state index in [4.69, 9.17) is 49.0 Å². The fourth-order valence-corrected chi connectivity index (χ4v) is 3.26. The first-order chi connectivity index (χ1) is 21.7. The molecule has 1 radical (unpaired) electrons. The molecule has 22 nitrogen and oxygen atoms in total. The van der Waals surface area contributed by atoms with Crippen LogP contribution in [0.15, 0.2) is 97.6 Å². The largest absolute Gasteiger partial charge is 2.00 e. The molecule has 0 aliphatic heterocycles. The van der Waals surface area contributed by atoms with Crippen LogP contribution in [0.4, 0.5) is 0 Å². The number of aromatic nitrogens is 10. The van der Waals surface area contributed by atoms with E-state index in [0.717, 1.165) is 0 Å². The summed E-state index contributed by atoms with van der Waals surface area (Å²) in [5.74, 6) is 14.0. The first-order valence-corrected chi connectivity index (χ1v) is 14.5. The summed E-state index contributed by atoms with van der Waals surface area (Å²) in [5, 5.41) is 16.2. The normalized spacial score (nSPS) is 10.1. The van der Waals surface area contributed by atoms with Crippen LogP contribution in [-0.4, -0.2) is 49.7 Å². The van der Waals surface area contributed by atoms with Crippen LogP contribution in [0.5, 0.6) is 0 Å². The third-order valence-corrected chi connectivity index (χ3v) is 4.97. The molecule has 6 heterocycles. The summed E-state index contributed by atoms with van der Waals surface area (Å²) in [5.41, 5.74) is 2.70. The minimum Gasteiger partial charge on any atom is -0.457 e. The van der Waals surface area contributed by atoms with Crippen molar-refractivity contribution in [2.24, 2.45) is 0 Å². The smallest absolute Gasteiger partial charge is 0.457 e. The maximum atomic E-state index is 8.49. The molecule has 0 atom stereocenters. The van der Waals surface area contributed by atoms with Gasteiger partial charge in [0.05, 0.1) is 0 Å². The molecule has 0 aromatic carbocycles. The quantitative estimate of drug-likeness (QED) is 0.124. The van der Waals surface area contributed by atoms with Crippen molar-refractivity contribution in [2.45, 2.75) is 0 Å².